The second kappa shape index (κ2) is 6.35. The minimum atomic E-state index is -0.168. The summed E-state index contributed by atoms with van der Waals surface area (Å²) >= 11 is 1.47. The van der Waals surface area contributed by atoms with E-state index in [-0.39, 0.29) is 11.2 Å². The Morgan fingerprint density at radius 2 is 2.35 bits per heavy atom. The van der Waals surface area contributed by atoms with Gasteiger partial charge >= 0.3 is 0 Å². The number of anilines is 1. The summed E-state index contributed by atoms with van der Waals surface area (Å²) in [6.45, 7) is 7.88. The van der Waals surface area contributed by atoms with E-state index in [2.05, 4.69) is 11.9 Å². The third-order valence-electron chi connectivity index (χ3n) is 2.38. The minimum absolute atomic E-state index is 0.00388. The van der Waals surface area contributed by atoms with Gasteiger partial charge in [0.25, 0.3) is 0 Å². The molecule has 0 aliphatic rings. The maximum atomic E-state index is 11.7. The van der Waals surface area contributed by atoms with Crippen LogP contribution in [0.4, 0.5) is 5.69 Å². The number of benzene rings is 1. The molecule has 0 bridgehead atoms. The molecule has 4 heteroatoms. The second-order valence-electron chi connectivity index (χ2n) is 3.78. The number of para-hydroxylation sites is 1. The van der Waals surface area contributed by atoms with E-state index in [0.717, 1.165) is 16.1 Å². The Morgan fingerprint density at radius 1 is 1.65 bits per heavy atom. The Kier molecular flexibility index (Phi) is 5.10. The molecular formula is C13H18N2OS. The lowest BCUT2D eigenvalue weighted by Crippen LogP contribution is -2.30. The molecule has 1 aromatic rings. The van der Waals surface area contributed by atoms with Crippen LogP contribution in [0.2, 0.25) is 0 Å². The number of aryl methyl sites for hydroxylation is 1. The van der Waals surface area contributed by atoms with Crippen LogP contribution in [0.1, 0.15) is 12.5 Å². The van der Waals surface area contributed by atoms with Crippen LogP contribution < -0.4 is 11.1 Å². The van der Waals surface area contributed by atoms with Crippen LogP contribution in [0.5, 0.6) is 0 Å². The highest BCUT2D eigenvalue weighted by molar-refractivity contribution is 8.00. The van der Waals surface area contributed by atoms with Crippen molar-refractivity contribution in [2.75, 3.05) is 12.3 Å². The first kappa shape index (κ1) is 13.6. The van der Waals surface area contributed by atoms with Crippen molar-refractivity contribution in [2.45, 2.75) is 24.0 Å². The third-order valence-corrected chi connectivity index (χ3v) is 3.56. The maximum absolute atomic E-state index is 11.7. The summed E-state index contributed by atoms with van der Waals surface area (Å²) in [5.41, 5.74) is 7.75. The van der Waals surface area contributed by atoms with Crippen molar-refractivity contribution in [2.24, 2.45) is 0 Å². The smallest absolute Gasteiger partial charge is 0.233 e. The molecule has 0 heterocycles. The molecule has 1 atom stereocenters. The van der Waals surface area contributed by atoms with Crippen molar-refractivity contribution in [1.82, 2.24) is 5.32 Å². The summed E-state index contributed by atoms with van der Waals surface area (Å²) in [5.74, 6) is -0.00388. The Bertz CT molecular complexity index is 418. The highest BCUT2D eigenvalue weighted by atomic mass is 32.2. The number of hydrogen-bond acceptors (Lipinski definition) is 3. The molecule has 92 valence electrons. The zero-order valence-electron chi connectivity index (χ0n) is 10.2. The van der Waals surface area contributed by atoms with Gasteiger partial charge in [-0.05, 0) is 25.5 Å². The number of rotatable bonds is 5. The van der Waals surface area contributed by atoms with Crippen LogP contribution in [-0.2, 0) is 4.79 Å². The summed E-state index contributed by atoms with van der Waals surface area (Å²) in [7, 11) is 0. The predicted octanol–water partition coefficient (Wildman–Crippen LogP) is 2.36. The van der Waals surface area contributed by atoms with Crippen LogP contribution in [0, 0.1) is 6.92 Å². The quantitative estimate of drug-likeness (QED) is 0.479. The Hall–Kier alpha value is -1.42. The molecule has 0 aliphatic heterocycles. The molecular weight excluding hydrogens is 232 g/mol. The summed E-state index contributed by atoms with van der Waals surface area (Å²) in [5, 5.41) is 2.60. The SMILES string of the molecule is C=CCNC(=O)C(C)Sc1cccc(C)c1N. The molecule has 0 spiro atoms. The number of nitrogen functional groups attached to an aromatic ring is 1. The lowest BCUT2D eigenvalue weighted by atomic mass is 10.2. The molecule has 17 heavy (non-hydrogen) atoms. The van der Waals surface area contributed by atoms with Crippen LogP contribution in [0.15, 0.2) is 35.7 Å². The Labute approximate surface area is 106 Å². The molecule has 0 saturated carbocycles. The van der Waals surface area contributed by atoms with Gasteiger partial charge in [0.2, 0.25) is 5.91 Å². The fraction of sp³-hybridized carbons (Fsp3) is 0.308. The zero-order valence-corrected chi connectivity index (χ0v) is 11.0. The van der Waals surface area contributed by atoms with E-state index in [1.54, 1.807) is 6.08 Å². The van der Waals surface area contributed by atoms with Gasteiger partial charge in [0, 0.05) is 17.1 Å². The van der Waals surface area contributed by atoms with Crippen molar-refractivity contribution in [3.63, 3.8) is 0 Å². The number of carbonyl (C=O) groups excluding carboxylic acids is 1. The van der Waals surface area contributed by atoms with Gasteiger partial charge in [-0.25, -0.2) is 0 Å². The number of nitrogens with two attached hydrogens (primary N) is 1. The fourth-order valence-electron chi connectivity index (χ4n) is 1.32. The van der Waals surface area contributed by atoms with Crippen molar-refractivity contribution in [1.29, 1.82) is 0 Å². The second-order valence-corrected chi connectivity index (χ2v) is 5.16. The molecule has 0 saturated heterocycles. The Balaban J connectivity index is 2.67. The number of carbonyl (C=O) groups is 1. The molecule has 1 amide bonds. The predicted molar refractivity (Wildman–Crippen MR) is 74.1 cm³/mol. The van der Waals surface area contributed by atoms with Crippen molar-refractivity contribution >= 4 is 23.4 Å². The monoisotopic (exact) mass is 250 g/mol. The standard InChI is InChI=1S/C13H18N2OS/c1-4-8-15-13(16)10(3)17-11-7-5-6-9(2)12(11)14/h4-7,10H,1,8,14H2,2-3H3,(H,15,16). The first-order chi connectivity index (χ1) is 8.06. The number of amides is 1. The topological polar surface area (TPSA) is 55.1 Å². The average molecular weight is 250 g/mol. The Morgan fingerprint density at radius 3 is 3.00 bits per heavy atom. The van der Waals surface area contributed by atoms with E-state index in [0.29, 0.717) is 6.54 Å². The highest BCUT2D eigenvalue weighted by Gasteiger charge is 2.15. The third kappa shape index (κ3) is 3.82. The summed E-state index contributed by atoms with van der Waals surface area (Å²) < 4.78 is 0. The van der Waals surface area contributed by atoms with Gasteiger partial charge in [0.15, 0.2) is 0 Å². The van der Waals surface area contributed by atoms with E-state index < -0.39 is 0 Å². The van der Waals surface area contributed by atoms with E-state index in [4.69, 9.17) is 5.73 Å². The maximum Gasteiger partial charge on any atom is 0.233 e. The van der Waals surface area contributed by atoms with E-state index in [1.807, 2.05) is 32.0 Å². The van der Waals surface area contributed by atoms with Crippen molar-refractivity contribution < 1.29 is 4.79 Å². The molecule has 0 aromatic heterocycles. The lowest BCUT2D eigenvalue weighted by molar-refractivity contribution is -0.120. The zero-order chi connectivity index (χ0) is 12.8. The normalized spacial score (nSPS) is 11.9. The largest absolute Gasteiger partial charge is 0.398 e. The van der Waals surface area contributed by atoms with Gasteiger partial charge in [-0.2, -0.15) is 0 Å². The fourth-order valence-corrected chi connectivity index (χ4v) is 2.33. The highest BCUT2D eigenvalue weighted by Crippen LogP contribution is 2.30. The molecule has 1 aromatic carbocycles. The van der Waals surface area contributed by atoms with Crippen molar-refractivity contribution in [3.05, 3.63) is 36.4 Å². The first-order valence-electron chi connectivity index (χ1n) is 5.46. The van der Waals surface area contributed by atoms with Crippen molar-refractivity contribution in [3.8, 4) is 0 Å². The average Bonchev–Trinajstić information content (AvgIpc) is 2.31. The first-order valence-corrected chi connectivity index (χ1v) is 6.34. The summed E-state index contributed by atoms with van der Waals surface area (Å²) in [6, 6.07) is 5.84. The van der Waals surface area contributed by atoms with E-state index in [1.165, 1.54) is 11.8 Å². The number of nitrogens with one attached hydrogen (secondary N) is 1. The van der Waals surface area contributed by atoms with Crippen LogP contribution in [0.25, 0.3) is 0 Å². The number of thioether (sulfide) groups is 1. The molecule has 0 radical (unpaired) electrons. The number of hydrogen-bond donors (Lipinski definition) is 2. The van der Waals surface area contributed by atoms with Crippen LogP contribution in [0.3, 0.4) is 0 Å². The van der Waals surface area contributed by atoms with Gasteiger partial charge in [-0.1, -0.05) is 18.2 Å². The summed E-state index contributed by atoms with van der Waals surface area (Å²) in [4.78, 5) is 12.6. The molecule has 3 N–H and O–H groups in total. The summed E-state index contributed by atoms with van der Waals surface area (Å²) in [6.07, 6.45) is 1.66. The van der Waals surface area contributed by atoms with Gasteiger partial charge in [0.05, 0.1) is 5.25 Å². The van der Waals surface area contributed by atoms with E-state index in [9.17, 15) is 4.79 Å². The molecule has 3 nitrogen and oxygen atoms in total. The van der Waals surface area contributed by atoms with Gasteiger partial charge in [0.1, 0.15) is 0 Å². The minimum Gasteiger partial charge on any atom is -0.398 e. The lowest BCUT2D eigenvalue weighted by Gasteiger charge is -2.13. The molecule has 1 unspecified atom stereocenters. The van der Waals surface area contributed by atoms with Gasteiger partial charge in [-0.15, -0.1) is 18.3 Å². The molecule has 0 aliphatic carbocycles. The van der Waals surface area contributed by atoms with Crippen LogP contribution >= 0.6 is 11.8 Å². The molecule has 1 rings (SSSR count). The van der Waals surface area contributed by atoms with Gasteiger partial charge < -0.3 is 11.1 Å². The van der Waals surface area contributed by atoms with Crippen LogP contribution in [-0.4, -0.2) is 17.7 Å². The van der Waals surface area contributed by atoms with Gasteiger partial charge in [-0.3, -0.25) is 4.79 Å². The van der Waals surface area contributed by atoms with E-state index >= 15 is 0 Å². The molecule has 0 fully saturated rings.